The van der Waals surface area contributed by atoms with Crippen LogP contribution in [0.15, 0.2) is 18.3 Å². The zero-order chi connectivity index (χ0) is 16.1. The molecule has 1 aromatic heterocycles. The molecule has 0 aliphatic carbocycles. The summed E-state index contributed by atoms with van der Waals surface area (Å²) in [6, 6.07) is 3.93. The molecule has 0 radical (unpaired) electrons. The normalized spacial score (nSPS) is 19.3. The van der Waals surface area contributed by atoms with Gasteiger partial charge >= 0.3 is 0 Å². The minimum absolute atomic E-state index is 0.132. The monoisotopic (exact) mass is 316 g/mol. The number of carbonyl (C=O) groups is 1. The van der Waals surface area contributed by atoms with Gasteiger partial charge in [0.15, 0.2) is 0 Å². The summed E-state index contributed by atoms with van der Waals surface area (Å²) in [6.45, 7) is 8.13. The van der Waals surface area contributed by atoms with E-state index in [4.69, 9.17) is 0 Å². The lowest BCUT2D eigenvalue weighted by Crippen LogP contribution is -2.40. The van der Waals surface area contributed by atoms with Crippen LogP contribution in [0, 0.1) is 5.92 Å². The summed E-state index contributed by atoms with van der Waals surface area (Å²) in [5.74, 6) is 1.84. The predicted octanol–water partition coefficient (Wildman–Crippen LogP) is 2.14. The van der Waals surface area contributed by atoms with E-state index in [9.17, 15) is 4.79 Å². The van der Waals surface area contributed by atoms with Crippen LogP contribution in [0.1, 0.15) is 43.0 Å². The van der Waals surface area contributed by atoms with Gasteiger partial charge in [-0.15, -0.1) is 0 Å². The van der Waals surface area contributed by atoms with Gasteiger partial charge in [-0.3, -0.25) is 4.79 Å². The lowest BCUT2D eigenvalue weighted by Gasteiger charge is -2.32. The maximum atomic E-state index is 12.6. The van der Waals surface area contributed by atoms with Crippen molar-refractivity contribution in [2.45, 2.75) is 32.6 Å². The van der Waals surface area contributed by atoms with E-state index >= 15 is 0 Å². The fourth-order valence-corrected chi connectivity index (χ4v) is 3.52. The van der Waals surface area contributed by atoms with Crippen molar-refractivity contribution in [2.75, 3.05) is 44.2 Å². The number of piperidine rings is 1. The van der Waals surface area contributed by atoms with Gasteiger partial charge in [0.1, 0.15) is 5.82 Å². The van der Waals surface area contributed by atoms with E-state index in [1.165, 1.54) is 12.8 Å². The largest absolute Gasteiger partial charge is 0.357 e. The van der Waals surface area contributed by atoms with Crippen LogP contribution in [-0.2, 0) is 0 Å². The number of nitrogens with zero attached hydrogens (tertiary/aromatic N) is 3. The van der Waals surface area contributed by atoms with Crippen LogP contribution >= 0.6 is 0 Å². The summed E-state index contributed by atoms with van der Waals surface area (Å²) < 4.78 is 0. The van der Waals surface area contributed by atoms with Gasteiger partial charge in [0, 0.05) is 32.4 Å². The Kier molecular flexibility index (Phi) is 5.49. The highest BCUT2D eigenvalue weighted by atomic mass is 16.2. The first-order valence-corrected chi connectivity index (χ1v) is 8.99. The molecule has 0 saturated carbocycles. The van der Waals surface area contributed by atoms with Gasteiger partial charge in [-0.25, -0.2) is 4.98 Å². The van der Waals surface area contributed by atoms with Crippen molar-refractivity contribution in [3.8, 4) is 0 Å². The van der Waals surface area contributed by atoms with Crippen LogP contribution < -0.4 is 10.2 Å². The molecule has 0 bridgehead atoms. The molecule has 23 heavy (non-hydrogen) atoms. The number of amides is 1. The summed E-state index contributed by atoms with van der Waals surface area (Å²) in [5.41, 5.74) is 0.720. The molecule has 0 spiro atoms. The molecule has 0 unspecified atom stereocenters. The minimum Gasteiger partial charge on any atom is -0.357 e. The Morgan fingerprint density at radius 1 is 1.22 bits per heavy atom. The highest BCUT2D eigenvalue weighted by Crippen LogP contribution is 2.20. The molecule has 1 N–H and O–H groups in total. The molecule has 0 aromatic carbocycles. The van der Waals surface area contributed by atoms with Crippen molar-refractivity contribution in [3.05, 3.63) is 23.9 Å². The fraction of sp³-hybridized carbons (Fsp3) is 0.667. The third-order valence-electron chi connectivity index (χ3n) is 5.01. The van der Waals surface area contributed by atoms with E-state index in [0.717, 1.165) is 63.5 Å². The van der Waals surface area contributed by atoms with Crippen LogP contribution in [0.3, 0.4) is 0 Å². The van der Waals surface area contributed by atoms with Gasteiger partial charge in [-0.1, -0.05) is 6.92 Å². The quantitative estimate of drug-likeness (QED) is 0.904. The molecule has 2 aliphatic rings. The second-order valence-corrected chi connectivity index (χ2v) is 6.64. The summed E-state index contributed by atoms with van der Waals surface area (Å²) in [5, 5.41) is 3.41. The number of nitrogens with one attached hydrogen (secondary N) is 1. The first kappa shape index (κ1) is 16.2. The molecule has 0 atom stereocenters. The molecular weight excluding hydrogens is 288 g/mol. The number of anilines is 1. The van der Waals surface area contributed by atoms with Crippen molar-refractivity contribution in [1.82, 2.24) is 15.2 Å². The van der Waals surface area contributed by atoms with E-state index in [1.807, 2.05) is 17.0 Å². The Balaban J connectivity index is 1.54. The SMILES string of the molecule is CCNCC1CCN(C(=O)c2ccc(N3CCCC3)nc2)CC1. The number of hydrogen-bond acceptors (Lipinski definition) is 4. The minimum atomic E-state index is 0.132. The van der Waals surface area contributed by atoms with Crippen LogP contribution in [0.25, 0.3) is 0 Å². The Morgan fingerprint density at radius 3 is 2.57 bits per heavy atom. The number of hydrogen-bond donors (Lipinski definition) is 1. The summed E-state index contributed by atoms with van der Waals surface area (Å²) in [4.78, 5) is 21.4. The van der Waals surface area contributed by atoms with Crippen molar-refractivity contribution in [2.24, 2.45) is 5.92 Å². The van der Waals surface area contributed by atoms with Gasteiger partial charge in [0.05, 0.1) is 5.56 Å². The number of carbonyl (C=O) groups excluding carboxylic acids is 1. The lowest BCUT2D eigenvalue weighted by atomic mass is 9.96. The van der Waals surface area contributed by atoms with E-state index in [2.05, 4.69) is 22.1 Å². The number of rotatable bonds is 5. The van der Waals surface area contributed by atoms with Gasteiger partial charge in [0.2, 0.25) is 0 Å². The molecule has 3 rings (SSSR count). The van der Waals surface area contributed by atoms with Crippen molar-refractivity contribution in [3.63, 3.8) is 0 Å². The molecule has 5 heteroatoms. The predicted molar refractivity (Wildman–Crippen MR) is 92.9 cm³/mol. The zero-order valence-electron chi connectivity index (χ0n) is 14.1. The van der Waals surface area contributed by atoms with Crippen LogP contribution in [-0.4, -0.2) is 55.1 Å². The molecule has 2 saturated heterocycles. The second kappa shape index (κ2) is 7.77. The Hall–Kier alpha value is -1.62. The third kappa shape index (κ3) is 4.02. The van der Waals surface area contributed by atoms with Gasteiger partial charge < -0.3 is 15.1 Å². The Bertz CT molecular complexity index is 502. The van der Waals surface area contributed by atoms with E-state index in [1.54, 1.807) is 6.20 Å². The highest BCUT2D eigenvalue weighted by molar-refractivity contribution is 5.94. The fourth-order valence-electron chi connectivity index (χ4n) is 3.52. The molecule has 1 amide bonds. The molecule has 2 aliphatic heterocycles. The first-order chi connectivity index (χ1) is 11.3. The van der Waals surface area contributed by atoms with Crippen LogP contribution in [0.4, 0.5) is 5.82 Å². The Labute approximate surface area is 139 Å². The zero-order valence-corrected chi connectivity index (χ0v) is 14.1. The average molecular weight is 316 g/mol. The molecular formula is C18H28N4O. The molecule has 1 aromatic rings. The maximum absolute atomic E-state index is 12.6. The molecule has 5 nitrogen and oxygen atoms in total. The Morgan fingerprint density at radius 2 is 1.96 bits per heavy atom. The smallest absolute Gasteiger partial charge is 0.255 e. The number of aromatic nitrogens is 1. The maximum Gasteiger partial charge on any atom is 0.255 e. The second-order valence-electron chi connectivity index (χ2n) is 6.64. The summed E-state index contributed by atoms with van der Waals surface area (Å²) in [7, 11) is 0. The number of likely N-dealkylation sites (tertiary alicyclic amines) is 1. The molecule has 2 fully saturated rings. The van der Waals surface area contributed by atoms with Gasteiger partial charge in [0.25, 0.3) is 5.91 Å². The first-order valence-electron chi connectivity index (χ1n) is 8.99. The standard InChI is InChI=1S/C18H28N4O/c1-2-19-13-15-7-11-22(12-8-15)18(23)16-5-6-17(20-14-16)21-9-3-4-10-21/h5-6,14-15,19H,2-4,7-13H2,1H3. The topological polar surface area (TPSA) is 48.5 Å². The van der Waals surface area contributed by atoms with Gasteiger partial charge in [-0.05, 0) is 56.8 Å². The number of pyridine rings is 1. The highest BCUT2D eigenvalue weighted by Gasteiger charge is 2.23. The third-order valence-corrected chi connectivity index (χ3v) is 5.01. The molecule has 3 heterocycles. The lowest BCUT2D eigenvalue weighted by molar-refractivity contribution is 0.0690. The summed E-state index contributed by atoms with van der Waals surface area (Å²) >= 11 is 0. The van der Waals surface area contributed by atoms with Gasteiger partial charge in [-0.2, -0.15) is 0 Å². The van der Waals surface area contributed by atoms with Crippen molar-refractivity contribution in [1.29, 1.82) is 0 Å². The van der Waals surface area contributed by atoms with E-state index < -0.39 is 0 Å². The van der Waals surface area contributed by atoms with Crippen LogP contribution in [0.5, 0.6) is 0 Å². The van der Waals surface area contributed by atoms with E-state index in [-0.39, 0.29) is 5.91 Å². The van der Waals surface area contributed by atoms with Crippen molar-refractivity contribution < 1.29 is 4.79 Å². The average Bonchev–Trinajstić information content (AvgIpc) is 3.14. The van der Waals surface area contributed by atoms with E-state index in [0.29, 0.717) is 5.92 Å². The van der Waals surface area contributed by atoms with Crippen LogP contribution in [0.2, 0.25) is 0 Å². The van der Waals surface area contributed by atoms with Crippen molar-refractivity contribution >= 4 is 11.7 Å². The summed E-state index contributed by atoms with van der Waals surface area (Å²) in [6.07, 6.45) is 6.42. The molecule has 126 valence electrons.